The summed E-state index contributed by atoms with van der Waals surface area (Å²) in [5.41, 5.74) is 1.92. The molecule has 0 heterocycles. The van der Waals surface area contributed by atoms with Gasteiger partial charge in [0.2, 0.25) is 0 Å². The number of hydrogen-bond acceptors (Lipinski definition) is 4. The van der Waals surface area contributed by atoms with Crippen LogP contribution < -0.4 is 20.1 Å². The predicted molar refractivity (Wildman–Crippen MR) is 139 cm³/mol. The van der Waals surface area contributed by atoms with Crippen LogP contribution in [0.5, 0.6) is 11.5 Å². The molecule has 0 aliphatic carbocycles. The zero-order valence-corrected chi connectivity index (χ0v) is 20.6. The second kappa shape index (κ2) is 12.4. The molecule has 3 rings (SSSR count). The number of ether oxygens (including phenoxy) is 2. The highest BCUT2D eigenvalue weighted by Gasteiger charge is 2.15. The molecule has 0 bridgehead atoms. The number of nitrogens with one attached hydrogen (secondary N) is 2. The second-order valence-corrected chi connectivity index (χ2v) is 8.80. The molecule has 0 saturated heterocycles. The van der Waals surface area contributed by atoms with E-state index in [1.807, 2.05) is 56.3 Å². The summed E-state index contributed by atoms with van der Waals surface area (Å²) in [7, 11) is 0. The van der Waals surface area contributed by atoms with Crippen molar-refractivity contribution in [1.82, 2.24) is 5.32 Å². The first-order chi connectivity index (χ1) is 16.8. The smallest absolute Gasteiger partial charge is 0.272 e. The number of rotatable bonds is 10. The Kier molecular flexibility index (Phi) is 9.07. The minimum Gasteiger partial charge on any atom is -0.493 e. The summed E-state index contributed by atoms with van der Waals surface area (Å²) in [6.45, 7) is 8.65. The molecule has 0 saturated carbocycles. The van der Waals surface area contributed by atoms with Crippen molar-refractivity contribution in [2.45, 2.75) is 33.8 Å². The lowest BCUT2D eigenvalue weighted by Gasteiger charge is -2.13. The van der Waals surface area contributed by atoms with Crippen molar-refractivity contribution in [3.8, 4) is 11.5 Å². The molecule has 0 aliphatic heterocycles. The van der Waals surface area contributed by atoms with Crippen molar-refractivity contribution in [3.63, 3.8) is 0 Å². The standard InChI is InChI=1S/C29H32N2O4/c1-20(2)19-34-25-16-12-23(13-17-25)28(32)31-27(29(33)30-24-8-6-5-7-9-24)18-22-10-14-26(15-11-22)35-21(3)4/h5-18,20-21H,19H2,1-4H3,(H,30,33)(H,31,32)/b27-18+. The van der Waals surface area contributed by atoms with E-state index in [0.29, 0.717) is 29.5 Å². The Labute approximate surface area is 207 Å². The van der Waals surface area contributed by atoms with Crippen LogP contribution in [0.25, 0.3) is 6.08 Å². The number of anilines is 1. The molecule has 0 radical (unpaired) electrons. The van der Waals surface area contributed by atoms with Crippen LogP contribution in [0.1, 0.15) is 43.6 Å². The summed E-state index contributed by atoms with van der Waals surface area (Å²) >= 11 is 0. The average Bonchev–Trinajstić information content (AvgIpc) is 2.84. The Morgan fingerprint density at radius 1 is 0.829 bits per heavy atom. The normalized spacial score (nSPS) is 11.3. The molecule has 2 amide bonds. The van der Waals surface area contributed by atoms with Crippen molar-refractivity contribution >= 4 is 23.6 Å². The highest BCUT2D eigenvalue weighted by Crippen LogP contribution is 2.18. The van der Waals surface area contributed by atoms with E-state index in [-0.39, 0.29) is 11.8 Å². The van der Waals surface area contributed by atoms with Gasteiger partial charge in [0.25, 0.3) is 11.8 Å². The van der Waals surface area contributed by atoms with E-state index in [9.17, 15) is 9.59 Å². The van der Waals surface area contributed by atoms with Crippen LogP contribution in [0.15, 0.2) is 84.6 Å². The fourth-order valence-electron chi connectivity index (χ4n) is 3.12. The van der Waals surface area contributed by atoms with Gasteiger partial charge in [-0.1, -0.05) is 44.2 Å². The number of amides is 2. The predicted octanol–water partition coefficient (Wildman–Crippen LogP) is 5.92. The molecule has 0 fully saturated rings. The molecule has 2 N–H and O–H groups in total. The number of hydrogen-bond donors (Lipinski definition) is 2. The third-order valence-electron chi connectivity index (χ3n) is 4.79. The Morgan fingerprint density at radius 3 is 2.06 bits per heavy atom. The van der Waals surface area contributed by atoms with Crippen LogP contribution >= 0.6 is 0 Å². The van der Waals surface area contributed by atoms with Crippen molar-refractivity contribution < 1.29 is 19.1 Å². The maximum absolute atomic E-state index is 13.1. The van der Waals surface area contributed by atoms with Gasteiger partial charge in [-0.05, 0) is 79.9 Å². The van der Waals surface area contributed by atoms with Crippen molar-refractivity contribution in [2.24, 2.45) is 5.92 Å². The van der Waals surface area contributed by atoms with E-state index in [1.165, 1.54) is 0 Å². The molecule has 182 valence electrons. The second-order valence-electron chi connectivity index (χ2n) is 8.80. The number of para-hydroxylation sites is 1. The monoisotopic (exact) mass is 472 g/mol. The van der Waals surface area contributed by atoms with Crippen molar-refractivity contribution in [3.05, 3.63) is 95.7 Å². The third-order valence-corrected chi connectivity index (χ3v) is 4.79. The first kappa shape index (κ1) is 25.6. The molecular weight excluding hydrogens is 440 g/mol. The van der Waals surface area contributed by atoms with Gasteiger partial charge in [0.05, 0.1) is 12.7 Å². The Balaban J connectivity index is 1.80. The van der Waals surface area contributed by atoms with Crippen LogP contribution in [0.2, 0.25) is 0 Å². The molecule has 0 aromatic heterocycles. The zero-order chi connectivity index (χ0) is 25.2. The molecule has 0 atom stereocenters. The highest BCUT2D eigenvalue weighted by molar-refractivity contribution is 6.10. The van der Waals surface area contributed by atoms with Gasteiger partial charge >= 0.3 is 0 Å². The molecule has 3 aromatic rings. The van der Waals surface area contributed by atoms with Crippen LogP contribution in [0.4, 0.5) is 5.69 Å². The molecule has 6 heteroatoms. The Hall–Kier alpha value is -4.06. The Bertz CT molecular complexity index is 1140. The van der Waals surface area contributed by atoms with Gasteiger partial charge in [-0.25, -0.2) is 0 Å². The lowest BCUT2D eigenvalue weighted by molar-refractivity contribution is -0.113. The molecular formula is C29H32N2O4. The largest absolute Gasteiger partial charge is 0.493 e. The molecule has 0 spiro atoms. The summed E-state index contributed by atoms with van der Waals surface area (Å²) < 4.78 is 11.4. The molecule has 0 unspecified atom stereocenters. The van der Waals surface area contributed by atoms with Gasteiger partial charge in [0, 0.05) is 11.3 Å². The Morgan fingerprint density at radius 2 is 1.46 bits per heavy atom. The van der Waals surface area contributed by atoms with Crippen LogP contribution in [0.3, 0.4) is 0 Å². The van der Waals surface area contributed by atoms with E-state index in [4.69, 9.17) is 9.47 Å². The highest BCUT2D eigenvalue weighted by atomic mass is 16.5. The van der Waals surface area contributed by atoms with Gasteiger partial charge in [-0.15, -0.1) is 0 Å². The number of benzene rings is 3. The molecule has 0 aliphatic rings. The van der Waals surface area contributed by atoms with Crippen LogP contribution in [-0.4, -0.2) is 24.5 Å². The topological polar surface area (TPSA) is 76.7 Å². The summed E-state index contributed by atoms with van der Waals surface area (Å²) in [6.07, 6.45) is 1.69. The summed E-state index contributed by atoms with van der Waals surface area (Å²) in [5.74, 6) is 1.01. The van der Waals surface area contributed by atoms with E-state index < -0.39 is 11.8 Å². The van der Waals surface area contributed by atoms with Gasteiger partial charge in [-0.3, -0.25) is 9.59 Å². The summed E-state index contributed by atoms with van der Waals surface area (Å²) in [5, 5.41) is 5.58. The van der Waals surface area contributed by atoms with Crippen LogP contribution in [-0.2, 0) is 4.79 Å². The molecule has 3 aromatic carbocycles. The van der Waals surface area contributed by atoms with E-state index in [2.05, 4.69) is 24.5 Å². The number of carbonyl (C=O) groups is 2. The van der Waals surface area contributed by atoms with Gasteiger partial charge in [-0.2, -0.15) is 0 Å². The quantitative estimate of drug-likeness (QED) is 0.359. The first-order valence-corrected chi connectivity index (χ1v) is 11.7. The first-order valence-electron chi connectivity index (χ1n) is 11.7. The lowest BCUT2D eigenvalue weighted by Crippen LogP contribution is -2.30. The lowest BCUT2D eigenvalue weighted by atomic mass is 10.1. The maximum Gasteiger partial charge on any atom is 0.272 e. The van der Waals surface area contributed by atoms with Crippen molar-refractivity contribution in [2.75, 3.05) is 11.9 Å². The zero-order valence-electron chi connectivity index (χ0n) is 20.6. The SMILES string of the molecule is CC(C)COc1ccc(C(=O)N/C(=C/c2ccc(OC(C)C)cc2)C(=O)Nc2ccccc2)cc1. The molecule has 6 nitrogen and oxygen atoms in total. The van der Waals surface area contributed by atoms with Gasteiger partial charge < -0.3 is 20.1 Å². The van der Waals surface area contributed by atoms with Gasteiger partial charge in [0.1, 0.15) is 17.2 Å². The fourth-order valence-corrected chi connectivity index (χ4v) is 3.12. The number of carbonyl (C=O) groups excluding carboxylic acids is 2. The van der Waals surface area contributed by atoms with Crippen LogP contribution in [0, 0.1) is 5.92 Å². The van der Waals surface area contributed by atoms with E-state index >= 15 is 0 Å². The summed E-state index contributed by atoms with van der Waals surface area (Å²) in [6, 6.07) is 23.3. The minimum absolute atomic E-state index is 0.0602. The molecule has 35 heavy (non-hydrogen) atoms. The van der Waals surface area contributed by atoms with Gasteiger partial charge in [0.15, 0.2) is 0 Å². The average molecular weight is 473 g/mol. The maximum atomic E-state index is 13.1. The van der Waals surface area contributed by atoms with E-state index in [1.54, 1.807) is 42.5 Å². The van der Waals surface area contributed by atoms with E-state index in [0.717, 1.165) is 11.3 Å². The van der Waals surface area contributed by atoms with Crippen molar-refractivity contribution in [1.29, 1.82) is 0 Å². The fraction of sp³-hybridized carbons (Fsp3) is 0.241. The minimum atomic E-state index is -0.427. The third kappa shape index (κ3) is 8.34. The summed E-state index contributed by atoms with van der Waals surface area (Å²) in [4.78, 5) is 26.0.